The lowest BCUT2D eigenvalue weighted by Gasteiger charge is -2.45. The van der Waals surface area contributed by atoms with Crippen LogP contribution < -0.4 is 11.3 Å². The van der Waals surface area contributed by atoms with Gasteiger partial charge in [0.2, 0.25) is 0 Å². The second kappa shape index (κ2) is 5.81. The Bertz CT molecular complexity index is 437. The van der Waals surface area contributed by atoms with E-state index < -0.39 is 0 Å². The first-order chi connectivity index (χ1) is 9.72. The van der Waals surface area contributed by atoms with Gasteiger partial charge < -0.3 is 14.0 Å². The summed E-state index contributed by atoms with van der Waals surface area (Å²) in [7, 11) is 1.98. The molecule has 2 unspecified atom stereocenters. The van der Waals surface area contributed by atoms with Crippen LogP contribution in [-0.4, -0.2) is 35.0 Å². The maximum atomic E-state index is 6.10. The van der Waals surface area contributed by atoms with Gasteiger partial charge in [0.15, 0.2) is 0 Å². The van der Waals surface area contributed by atoms with E-state index in [-0.39, 0.29) is 11.6 Å². The van der Waals surface area contributed by atoms with Crippen molar-refractivity contribution in [3.05, 3.63) is 18.2 Å². The monoisotopic (exact) mass is 280 g/mol. The standard InChI is InChI=1S/C14H24N4O2/c1-18-9-12(16-10-18)13(17-15)11-2-5-20-14(8-11)3-6-19-7-4-14/h9-11,13,17H,2-8,15H2,1H3. The normalized spacial score (nSPS) is 27.6. The Labute approximate surface area is 119 Å². The molecule has 0 saturated carbocycles. The van der Waals surface area contributed by atoms with Crippen molar-refractivity contribution in [2.75, 3.05) is 19.8 Å². The minimum atomic E-state index is -0.00888. The average Bonchev–Trinajstić information content (AvgIpc) is 2.87. The van der Waals surface area contributed by atoms with Gasteiger partial charge in [-0.25, -0.2) is 4.98 Å². The van der Waals surface area contributed by atoms with Gasteiger partial charge in [0.1, 0.15) is 0 Å². The third-order valence-corrected chi connectivity index (χ3v) is 4.63. The molecule has 112 valence electrons. The van der Waals surface area contributed by atoms with E-state index in [0.717, 1.165) is 51.2 Å². The van der Waals surface area contributed by atoms with Gasteiger partial charge >= 0.3 is 0 Å². The minimum Gasteiger partial charge on any atom is -0.381 e. The Hall–Kier alpha value is -0.950. The SMILES string of the molecule is Cn1cnc(C(NN)C2CCOC3(CCOCC3)C2)c1. The van der Waals surface area contributed by atoms with Crippen LogP contribution in [0.25, 0.3) is 0 Å². The predicted octanol–water partition coefficient (Wildman–Crippen LogP) is 0.900. The number of aromatic nitrogens is 2. The fourth-order valence-electron chi connectivity index (χ4n) is 3.50. The van der Waals surface area contributed by atoms with Gasteiger partial charge in [0.05, 0.1) is 23.7 Å². The van der Waals surface area contributed by atoms with Crippen LogP contribution in [0.1, 0.15) is 37.4 Å². The molecule has 0 bridgehead atoms. The quantitative estimate of drug-likeness (QED) is 0.635. The first-order valence-electron chi connectivity index (χ1n) is 7.38. The topological polar surface area (TPSA) is 74.3 Å². The number of rotatable bonds is 3. The molecule has 3 heterocycles. The molecule has 6 heteroatoms. The molecule has 2 saturated heterocycles. The first kappa shape index (κ1) is 14.0. The number of imidazole rings is 1. The molecule has 1 aromatic heterocycles. The van der Waals surface area contributed by atoms with E-state index in [1.54, 1.807) is 0 Å². The Morgan fingerprint density at radius 2 is 2.25 bits per heavy atom. The lowest BCUT2D eigenvalue weighted by atomic mass is 9.77. The van der Waals surface area contributed by atoms with Crippen molar-refractivity contribution < 1.29 is 9.47 Å². The maximum absolute atomic E-state index is 6.10. The Morgan fingerprint density at radius 1 is 1.45 bits per heavy atom. The van der Waals surface area contributed by atoms with Crippen LogP contribution in [-0.2, 0) is 16.5 Å². The van der Waals surface area contributed by atoms with Gasteiger partial charge in [-0.15, -0.1) is 0 Å². The molecule has 6 nitrogen and oxygen atoms in total. The van der Waals surface area contributed by atoms with E-state index >= 15 is 0 Å². The first-order valence-corrected chi connectivity index (χ1v) is 7.38. The predicted molar refractivity (Wildman–Crippen MR) is 74.7 cm³/mol. The summed E-state index contributed by atoms with van der Waals surface area (Å²) >= 11 is 0. The summed E-state index contributed by atoms with van der Waals surface area (Å²) < 4.78 is 13.5. The van der Waals surface area contributed by atoms with Crippen molar-refractivity contribution in [2.24, 2.45) is 18.8 Å². The van der Waals surface area contributed by atoms with Gasteiger partial charge in [-0.1, -0.05) is 0 Å². The zero-order chi connectivity index (χ0) is 14.0. The molecule has 1 spiro atoms. The van der Waals surface area contributed by atoms with Crippen LogP contribution in [0.4, 0.5) is 0 Å². The lowest BCUT2D eigenvalue weighted by Crippen LogP contribution is -2.47. The highest BCUT2D eigenvalue weighted by atomic mass is 16.5. The van der Waals surface area contributed by atoms with Gasteiger partial charge in [0, 0.05) is 33.1 Å². The molecule has 2 aliphatic heterocycles. The Balaban J connectivity index is 1.74. The fourth-order valence-corrected chi connectivity index (χ4v) is 3.50. The van der Waals surface area contributed by atoms with Crippen molar-refractivity contribution in [3.63, 3.8) is 0 Å². The van der Waals surface area contributed by atoms with Crippen molar-refractivity contribution in [1.82, 2.24) is 15.0 Å². The summed E-state index contributed by atoms with van der Waals surface area (Å²) in [5.74, 6) is 6.26. The number of nitrogens with one attached hydrogen (secondary N) is 1. The minimum absolute atomic E-state index is 0.00888. The third-order valence-electron chi connectivity index (χ3n) is 4.63. The van der Waals surface area contributed by atoms with Crippen LogP contribution in [0.15, 0.2) is 12.5 Å². The molecule has 2 atom stereocenters. The molecule has 0 aromatic carbocycles. The zero-order valence-electron chi connectivity index (χ0n) is 12.0. The largest absolute Gasteiger partial charge is 0.381 e. The van der Waals surface area contributed by atoms with E-state index in [0.29, 0.717) is 5.92 Å². The van der Waals surface area contributed by atoms with Gasteiger partial charge in [0.25, 0.3) is 0 Å². The van der Waals surface area contributed by atoms with E-state index in [9.17, 15) is 0 Å². The van der Waals surface area contributed by atoms with Gasteiger partial charge in [-0.3, -0.25) is 11.3 Å². The number of nitrogens with two attached hydrogens (primary N) is 1. The average molecular weight is 280 g/mol. The van der Waals surface area contributed by atoms with Crippen LogP contribution in [0, 0.1) is 5.92 Å². The van der Waals surface area contributed by atoms with Gasteiger partial charge in [-0.2, -0.15) is 0 Å². The van der Waals surface area contributed by atoms with Crippen LogP contribution in [0.2, 0.25) is 0 Å². The van der Waals surface area contributed by atoms with Crippen LogP contribution in [0.3, 0.4) is 0 Å². The highest BCUT2D eigenvalue weighted by Gasteiger charge is 2.41. The van der Waals surface area contributed by atoms with Crippen molar-refractivity contribution in [2.45, 2.75) is 37.3 Å². The molecule has 2 aliphatic rings. The molecule has 3 N–H and O–H groups in total. The van der Waals surface area contributed by atoms with E-state index in [2.05, 4.69) is 10.4 Å². The summed E-state index contributed by atoms with van der Waals surface area (Å²) in [6.07, 6.45) is 7.89. The Kier molecular flexibility index (Phi) is 4.07. The molecule has 0 amide bonds. The number of hydrogen-bond acceptors (Lipinski definition) is 5. The molecule has 1 aromatic rings. The van der Waals surface area contributed by atoms with E-state index in [1.807, 2.05) is 24.1 Å². The molecule has 0 radical (unpaired) electrons. The second-order valence-corrected chi connectivity index (χ2v) is 6.01. The summed E-state index contributed by atoms with van der Waals surface area (Å²) in [5, 5.41) is 0. The van der Waals surface area contributed by atoms with E-state index in [1.165, 1.54) is 0 Å². The highest BCUT2D eigenvalue weighted by molar-refractivity contribution is 5.07. The number of aryl methyl sites for hydroxylation is 1. The Morgan fingerprint density at radius 3 is 2.90 bits per heavy atom. The highest BCUT2D eigenvalue weighted by Crippen LogP contribution is 2.41. The molecule has 0 aliphatic carbocycles. The summed E-state index contributed by atoms with van der Waals surface area (Å²) in [6, 6.07) is 0.0971. The number of ether oxygens (including phenoxy) is 2. The molecular formula is C14H24N4O2. The summed E-state index contributed by atoms with van der Waals surface area (Å²) in [6.45, 7) is 2.41. The maximum Gasteiger partial charge on any atom is 0.0947 e. The van der Waals surface area contributed by atoms with Gasteiger partial charge in [-0.05, 0) is 31.6 Å². The number of hydrogen-bond donors (Lipinski definition) is 2. The smallest absolute Gasteiger partial charge is 0.0947 e. The van der Waals surface area contributed by atoms with Crippen molar-refractivity contribution >= 4 is 0 Å². The van der Waals surface area contributed by atoms with Crippen molar-refractivity contribution in [1.29, 1.82) is 0 Å². The third kappa shape index (κ3) is 2.74. The molecule has 2 fully saturated rings. The zero-order valence-corrected chi connectivity index (χ0v) is 12.0. The number of nitrogens with zero attached hydrogens (tertiary/aromatic N) is 2. The van der Waals surface area contributed by atoms with Crippen LogP contribution >= 0.6 is 0 Å². The van der Waals surface area contributed by atoms with Crippen molar-refractivity contribution in [3.8, 4) is 0 Å². The second-order valence-electron chi connectivity index (χ2n) is 6.01. The molecular weight excluding hydrogens is 256 g/mol. The summed E-state index contributed by atoms with van der Waals surface area (Å²) in [5.41, 5.74) is 3.97. The fraction of sp³-hybridized carbons (Fsp3) is 0.786. The summed E-state index contributed by atoms with van der Waals surface area (Å²) in [4.78, 5) is 4.45. The van der Waals surface area contributed by atoms with E-state index in [4.69, 9.17) is 15.3 Å². The lowest BCUT2D eigenvalue weighted by molar-refractivity contribution is -0.150. The number of hydrazine groups is 1. The van der Waals surface area contributed by atoms with Crippen LogP contribution in [0.5, 0.6) is 0 Å². The molecule has 3 rings (SSSR count). The molecule has 20 heavy (non-hydrogen) atoms.